The zero-order valence-electron chi connectivity index (χ0n) is 9.67. The summed E-state index contributed by atoms with van der Waals surface area (Å²) in [7, 11) is 1.79. The molecular formula is C9H16N6OS. The van der Waals surface area contributed by atoms with Crippen LogP contribution in [0.1, 0.15) is 25.7 Å². The van der Waals surface area contributed by atoms with Crippen LogP contribution in [0.4, 0.5) is 0 Å². The van der Waals surface area contributed by atoms with Gasteiger partial charge in [-0.15, -0.1) is 5.10 Å². The lowest BCUT2D eigenvalue weighted by Crippen LogP contribution is -2.55. The average Bonchev–Trinajstić information content (AvgIpc) is 2.64. The van der Waals surface area contributed by atoms with Crippen LogP contribution < -0.4 is 11.5 Å². The number of amides is 1. The zero-order valence-corrected chi connectivity index (χ0v) is 10.5. The van der Waals surface area contributed by atoms with E-state index in [9.17, 15) is 4.79 Å². The summed E-state index contributed by atoms with van der Waals surface area (Å²) in [4.78, 5) is 11.3. The lowest BCUT2D eigenvalue weighted by atomic mass is 9.82. The highest BCUT2D eigenvalue weighted by molar-refractivity contribution is 7.99. The van der Waals surface area contributed by atoms with Gasteiger partial charge in [0.2, 0.25) is 11.1 Å². The fourth-order valence-electron chi connectivity index (χ4n) is 2.05. The molecule has 0 radical (unpaired) electrons. The molecule has 1 heterocycles. The molecule has 2 rings (SSSR count). The molecule has 1 saturated carbocycles. The quantitative estimate of drug-likeness (QED) is 0.748. The zero-order chi connectivity index (χ0) is 12.5. The van der Waals surface area contributed by atoms with E-state index in [-0.39, 0.29) is 5.25 Å². The highest BCUT2D eigenvalue weighted by Gasteiger charge is 2.38. The molecule has 2 unspecified atom stereocenters. The summed E-state index contributed by atoms with van der Waals surface area (Å²) in [5.74, 6) is -0.418. The van der Waals surface area contributed by atoms with Crippen molar-refractivity contribution in [3.8, 4) is 0 Å². The maximum absolute atomic E-state index is 11.3. The number of tetrazole rings is 1. The third-order valence-corrected chi connectivity index (χ3v) is 4.38. The van der Waals surface area contributed by atoms with Crippen LogP contribution in [0.25, 0.3) is 0 Å². The molecule has 1 aromatic rings. The second-order valence-electron chi connectivity index (χ2n) is 4.44. The molecule has 8 heteroatoms. The largest absolute Gasteiger partial charge is 0.368 e. The fourth-order valence-corrected chi connectivity index (χ4v) is 3.29. The Morgan fingerprint density at radius 2 is 2.41 bits per heavy atom. The van der Waals surface area contributed by atoms with E-state index in [1.807, 2.05) is 0 Å². The maximum Gasteiger partial charge on any atom is 0.237 e. The number of carbonyl (C=O) groups is 1. The maximum atomic E-state index is 11.3. The number of hydrogen-bond acceptors (Lipinski definition) is 6. The summed E-state index contributed by atoms with van der Waals surface area (Å²) in [5.41, 5.74) is 10.5. The highest BCUT2D eigenvalue weighted by atomic mass is 32.2. The van der Waals surface area contributed by atoms with Crippen molar-refractivity contribution >= 4 is 17.7 Å². The Hall–Kier alpha value is -1.15. The number of nitrogens with zero attached hydrogens (tertiary/aromatic N) is 4. The second kappa shape index (κ2) is 4.61. The Labute approximate surface area is 103 Å². The standard InChI is InChI=1S/C9H16N6OS/c1-15-8(12-13-14-15)17-6-3-2-4-9(11,5-6)7(10)16/h6H,2-5,11H2,1H3,(H2,10,16). The first-order valence-corrected chi connectivity index (χ1v) is 6.37. The van der Waals surface area contributed by atoms with E-state index in [4.69, 9.17) is 11.5 Å². The number of primary amides is 1. The Balaban J connectivity index is 2.03. The van der Waals surface area contributed by atoms with Crippen molar-refractivity contribution in [2.75, 3.05) is 0 Å². The molecule has 17 heavy (non-hydrogen) atoms. The summed E-state index contributed by atoms with van der Waals surface area (Å²) in [6.45, 7) is 0. The minimum atomic E-state index is -0.873. The van der Waals surface area contributed by atoms with Gasteiger partial charge in [-0.1, -0.05) is 11.8 Å². The lowest BCUT2D eigenvalue weighted by Gasteiger charge is -2.34. The number of nitrogens with two attached hydrogens (primary N) is 2. The minimum absolute atomic E-state index is 0.242. The number of carbonyl (C=O) groups excluding carboxylic acids is 1. The highest BCUT2D eigenvalue weighted by Crippen LogP contribution is 2.36. The van der Waals surface area contributed by atoms with E-state index >= 15 is 0 Å². The van der Waals surface area contributed by atoms with Gasteiger partial charge in [-0.05, 0) is 36.1 Å². The molecule has 4 N–H and O–H groups in total. The van der Waals surface area contributed by atoms with Crippen molar-refractivity contribution in [3.05, 3.63) is 0 Å². The van der Waals surface area contributed by atoms with Crippen LogP contribution in [0.5, 0.6) is 0 Å². The molecule has 1 aliphatic rings. The average molecular weight is 256 g/mol. The van der Waals surface area contributed by atoms with Gasteiger partial charge in [-0.2, -0.15) is 0 Å². The van der Waals surface area contributed by atoms with Crippen molar-refractivity contribution in [2.45, 2.75) is 41.6 Å². The predicted molar refractivity (Wildman–Crippen MR) is 63.0 cm³/mol. The van der Waals surface area contributed by atoms with Crippen LogP contribution in [0.15, 0.2) is 5.16 Å². The summed E-state index contributed by atoms with van der Waals surface area (Å²) in [6, 6.07) is 0. The van der Waals surface area contributed by atoms with Crippen molar-refractivity contribution in [2.24, 2.45) is 18.5 Å². The number of aryl methyl sites for hydroxylation is 1. The minimum Gasteiger partial charge on any atom is -0.368 e. The number of rotatable bonds is 3. The summed E-state index contributed by atoms with van der Waals surface area (Å²) in [6.07, 6.45) is 3.16. The van der Waals surface area contributed by atoms with Gasteiger partial charge in [-0.3, -0.25) is 4.79 Å². The Morgan fingerprint density at radius 1 is 1.65 bits per heavy atom. The van der Waals surface area contributed by atoms with Crippen molar-refractivity contribution < 1.29 is 4.79 Å². The topological polar surface area (TPSA) is 113 Å². The number of hydrogen-bond donors (Lipinski definition) is 2. The first-order chi connectivity index (χ1) is 8.01. The van der Waals surface area contributed by atoms with Gasteiger partial charge in [0, 0.05) is 12.3 Å². The van der Waals surface area contributed by atoms with Crippen LogP contribution in [0.3, 0.4) is 0 Å². The third kappa shape index (κ3) is 2.58. The number of aromatic nitrogens is 4. The first kappa shape index (κ1) is 12.3. The molecule has 0 spiro atoms. The Morgan fingerprint density at radius 3 is 3.00 bits per heavy atom. The van der Waals surface area contributed by atoms with Gasteiger partial charge >= 0.3 is 0 Å². The molecule has 1 amide bonds. The molecule has 0 bridgehead atoms. The van der Waals surface area contributed by atoms with Crippen molar-refractivity contribution in [1.29, 1.82) is 0 Å². The van der Waals surface area contributed by atoms with E-state index in [1.54, 1.807) is 23.5 Å². The van der Waals surface area contributed by atoms with Gasteiger partial charge < -0.3 is 11.5 Å². The second-order valence-corrected chi connectivity index (χ2v) is 5.71. The fraction of sp³-hybridized carbons (Fsp3) is 0.778. The number of thioether (sulfide) groups is 1. The van der Waals surface area contributed by atoms with Gasteiger partial charge in [0.15, 0.2) is 0 Å². The lowest BCUT2D eigenvalue weighted by molar-refractivity contribution is -0.124. The Bertz CT molecular complexity index is 421. The van der Waals surface area contributed by atoms with Crippen LogP contribution in [-0.2, 0) is 11.8 Å². The Kier molecular flexibility index (Phi) is 3.34. The summed E-state index contributed by atoms with van der Waals surface area (Å²) in [5, 5.41) is 12.2. The van der Waals surface area contributed by atoms with E-state index in [1.165, 1.54) is 0 Å². The van der Waals surface area contributed by atoms with Gasteiger partial charge in [0.1, 0.15) is 0 Å². The first-order valence-electron chi connectivity index (χ1n) is 5.49. The molecule has 0 aliphatic heterocycles. The van der Waals surface area contributed by atoms with Crippen molar-refractivity contribution in [3.63, 3.8) is 0 Å². The molecular weight excluding hydrogens is 240 g/mol. The molecule has 1 fully saturated rings. The van der Waals surface area contributed by atoms with Gasteiger partial charge in [0.05, 0.1) is 5.54 Å². The smallest absolute Gasteiger partial charge is 0.237 e. The van der Waals surface area contributed by atoms with E-state index in [0.29, 0.717) is 12.8 Å². The van der Waals surface area contributed by atoms with Gasteiger partial charge in [-0.25, -0.2) is 4.68 Å². The molecule has 1 aliphatic carbocycles. The monoisotopic (exact) mass is 256 g/mol. The van der Waals surface area contributed by atoms with Gasteiger partial charge in [0.25, 0.3) is 0 Å². The third-order valence-electron chi connectivity index (χ3n) is 3.08. The van der Waals surface area contributed by atoms with Crippen LogP contribution in [0, 0.1) is 0 Å². The van der Waals surface area contributed by atoms with Crippen LogP contribution in [0.2, 0.25) is 0 Å². The van der Waals surface area contributed by atoms with Crippen LogP contribution in [-0.4, -0.2) is 36.9 Å². The molecule has 2 atom stereocenters. The normalized spacial score (nSPS) is 29.2. The molecule has 7 nitrogen and oxygen atoms in total. The molecule has 0 saturated heterocycles. The molecule has 94 valence electrons. The SMILES string of the molecule is Cn1nnnc1SC1CCCC(N)(C(N)=O)C1. The van der Waals surface area contributed by atoms with E-state index in [0.717, 1.165) is 18.0 Å². The summed E-state index contributed by atoms with van der Waals surface area (Å²) >= 11 is 1.56. The molecule has 0 aromatic carbocycles. The molecule has 1 aromatic heterocycles. The van der Waals surface area contributed by atoms with Crippen molar-refractivity contribution in [1.82, 2.24) is 20.2 Å². The summed E-state index contributed by atoms with van der Waals surface area (Å²) < 4.78 is 1.61. The van der Waals surface area contributed by atoms with E-state index < -0.39 is 11.4 Å². The van der Waals surface area contributed by atoms with Crippen LogP contribution >= 0.6 is 11.8 Å². The predicted octanol–water partition coefficient (Wildman–Crippen LogP) is -0.572. The van der Waals surface area contributed by atoms with E-state index in [2.05, 4.69) is 15.5 Å².